The van der Waals surface area contributed by atoms with Crippen LogP contribution in [0.5, 0.6) is 0 Å². The Morgan fingerprint density at radius 2 is 2.05 bits per heavy atom. The van der Waals surface area contributed by atoms with Gasteiger partial charge in [0.05, 0.1) is 0 Å². The van der Waals surface area contributed by atoms with Gasteiger partial charge in [-0.1, -0.05) is 30.3 Å². The molecule has 0 aromatic heterocycles. The highest BCUT2D eigenvalue weighted by Crippen LogP contribution is 2.49. The van der Waals surface area contributed by atoms with Crippen LogP contribution in [0.4, 0.5) is 0 Å². The second-order valence-electron chi connectivity index (χ2n) is 6.67. The maximum atomic E-state index is 12.7. The minimum Gasteiger partial charge on any atom is -0.339 e. The zero-order chi connectivity index (χ0) is 13.7. The van der Waals surface area contributed by atoms with Gasteiger partial charge >= 0.3 is 0 Å². The topological polar surface area (TPSA) is 32.3 Å². The summed E-state index contributed by atoms with van der Waals surface area (Å²) < 4.78 is 0. The Hall–Kier alpha value is -1.35. The minimum atomic E-state index is 0.242. The first-order valence-corrected chi connectivity index (χ1v) is 7.82. The molecule has 4 rings (SSSR count). The molecule has 3 aliphatic rings. The van der Waals surface area contributed by atoms with Crippen LogP contribution in [0.3, 0.4) is 0 Å². The van der Waals surface area contributed by atoms with Crippen LogP contribution in [0, 0.1) is 17.8 Å². The summed E-state index contributed by atoms with van der Waals surface area (Å²) in [7, 11) is 0. The average molecular weight is 270 g/mol. The number of hydrogen-bond donors (Lipinski definition) is 1. The number of amides is 1. The van der Waals surface area contributed by atoms with Crippen molar-refractivity contribution >= 4 is 5.91 Å². The van der Waals surface area contributed by atoms with E-state index in [4.69, 9.17) is 0 Å². The van der Waals surface area contributed by atoms with Gasteiger partial charge in [0.2, 0.25) is 5.91 Å². The summed E-state index contributed by atoms with van der Waals surface area (Å²) in [5.41, 5.74) is 1.33. The zero-order valence-electron chi connectivity index (χ0n) is 12.0. The third-order valence-electron chi connectivity index (χ3n) is 5.55. The monoisotopic (exact) mass is 270 g/mol. The lowest BCUT2D eigenvalue weighted by Gasteiger charge is -2.24. The molecule has 0 spiro atoms. The normalized spacial score (nSPS) is 38.9. The summed E-state index contributed by atoms with van der Waals surface area (Å²) in [5.74, 6) is 2.47. The minimum absolute atomic E-state index is 0.242. The summed E-state index contributed by atoms with van der Waals surface area (Å²) in [5, 5.41) is 3.46. The molecule has 5 atom stereocenters. The molecular weight excluding hydrogens is 248 g/mol. The van der Waals surface area contributed by atoms with Crippen molar-refractivity contribution in [1.82, 2.24) is 10.2 Å². The fourth-order valence-electron chi connectivity index (χ4n) is 4.21. The number of benzene rings is 1. The van der Waals surface area contributed by atoms with Crippen LogP contribution in [0.15, 0.2) is 30.3 Å². The maximum absolute atomic E-state index is 12.7. The quantitative estimate of drug-likeness (QED) is 0.889. The molecule has 1 aromatic carbocycles. The Bertz CT molecular complexity index is 515. The van der Waals surface area contributed by atoms with Gasteiger partial charge in [-0.25, -0.2) is 0 Å². The molecule has 2 saturated heterocycles. The number of fused-ring (bicyclic) bond motifs is 1. The van der Waals surface area contributed by atoms with Crippen LogP contribution >= 0.6 is 0 Å². The van der Waals surface area contributed by atoms with E-state index >= 15 is 0 Å². The number of likely N-dealkylation sites (tertiary alicyclic amines) is 1. The predicted molar refractivity (Wildman–Crippen MR) is 78.3 cm³/mol. The number of nitrogens with zero attached hydrogens (tertiary/aromatic N) is 1. The van der Waals surface area contributed by atoms with Gasteiger partial charge in [0, 0.05) is 31.6 Å². The van der Waals surface area contributed by atoms with Gasteiger partial charge in [-0.15, -0.1) is 0 Å². The summed E-state index contributed by atoms with van der Waals surface area (Å²) >= 11 is 0. The van der Waals surface area contributed by atoms with E-state index in [1.165, 1.54) is 5.56 Å². The molecule has 0 radical (unpaired) electrons. The summed E-state index contributed by atoms with van der Waals surface area (Å²) in [6, 6.07) is 10.9. The molecule has 1 amide bonds. The summed E-state index contributed by atoms with van der Waals surface area (Å²) in [6.07, 6.45) is 1.04. The number of carbonyl (C=O) groups excluding carboxylic acids is 1. The summed E-state index contributed by atoms with van der Waals surface area (Å²) in [6.45, 7) is 5.37. The molecular formula is C17H22N2O. The SMILES string of the molecule is CC1C2CNCC2CN1C(=O)C1CC1c1ccccc1. The Morgan fingerprint density at radius 3 is 2.80 bits per heavy atom. The van der Waals surface area contributed by atoms with Crippen LogP contribution in [-0.4, -0.2) is 36.5 Å². The predicted octanol–water partition coefficient (Wildman–Crippen LogP) is 1.86. The van der Waals surface area contributed by atoms with Crippen molar-refractivity contribution in [3.63, 3.8) is 0 Å². The van der Waals surface area contributed by atoms with Crippen molar-refractivity contribution in [1.29, 1.82) is 0 Å². The van der Waals surface area contributed by atoms with E-state index in [2.05, 4.69) is 41.4 Å². The molecule has 3 fully saturated rings. The molecule has 3 nitrogen and oxygen atoms in total. The van der Waals surface area contributed by atoms with Crippen molar-refractivity contribution in [2.24, 2.45) is 17.8 Å². The molecule has 106 valence electrons. The first-order chi connectivity index (χ1) is 9.75. The smallest absolute Gasteiger partial charge is 0.226 e. The van der Waals surface area contributed by atoms with E-state index in [0.29, 0.717) is 29.7 Å². The molecule has 5 unspecified atom stereocenters. The molecule has 1 aromatic rings. The first kappa shape index (κ1) is 12.4. The van der Waals surface area contributed by atoms with E-state index in [1.807, 2.05) is 6.07 Å². The van der Waals surface area contributed by atoms with Crippen molar-refractivity contribution in [3.05, 3.63) is 35.9 Å². The Balaban J connectivity index is 1.45. The first-order valence-electron chi connectivity index (χ1n) is 7.82. The highest BCUT2D eigenvalue weighted by molar-refractivity contribution is 5.83. The maximum Gasteiger partial charge on any atom is 0.226 e. The lowest BCUT2D eigenvalue weighted by molar-refractivity contribution is -0.133. The van der Waals surface area contributed by atoms with Gasteiger partial charge in [-0.2, -0.15) is 0 Å². The van der Waals surface area contributed by atoms with Gasteiger partial charge in [0.25, 0.3) is 0 Å². The highest BCUT2D eigenvalue weighted by Gasteiger charge is 2.51. The van der Waals surface area contributed by atoms with Gasteiger partial charge in [-0.05, 0) is 36.7 Å². The Kier molecular flexibility index (Phi) is 2.84. The average Bonchev–Trinajstić information content (AvgIpc) is 3.04. The van der Waals surface area contributed by atoms with Gasteiger partial charge < -0.3 is 10.2 Å². The molecule has 1 saturated carbocycles. The molecule has 20 heavy (non-hydrogen) atoms. The molecule has 2 heterocycles. The lowest BCUT2D eigenvalue weighted by Crippen LogP contribution is -2.39. The highest BCUT2D eigenvalue weighted by atomic mass is 16.2. The number of nitrogens with one attached hydrogen (secondary N) is 1. The second-order valence-corrected chi connectivity index (χ2v) is 6.67. The van der Waals surface area contributed by atoms with Gasteiger partial charge in [0.15, 0.2) is 0 Å². The zero-order valence-corrected chi connectivity index (χ0v) is 12.0. The van der Waals surface area contributed by atoms with Crippen LogP contribution in [0.1, 0.15) is 24.8 Å². The van der Waals surface area contributed by atoms with E-state index in [9.17, 15) is 4.79 Å². The lowest BCUT2D eigenvalue weighted by atomic mass is 9.95. The second kappa shape index (κ2) is 4.59. The Morgan fingerprint density at radius 1 is 1.25 bits per heavy atom. The van der Waals surface area contributed by atoms with E-state index in [0.717, 1.165) is 26.1 Å². The molecule has 2 aliphatic heterocycles. The third kappa shape index (κ3) is 1.87. The number of hydrogen-bond acceptors (Lipinski definition) is 2. The fraction of sp³-hybridized carbons (Fsp3) is 0.588. The largest absolute Gasteiger partial charge is 0.339 e. The van der Waals surface area contributed by atoms with Gasteiger partial charge in [0.1, 0.15) is 0 Å². The third-order valence-corrected chi connectivity index (χ3v) is 5.55. The Labute approximate surface area is 120 Å². The summed E-state index contributed by atoms with van der Waals surface area (Å²) in [4.78, 5) is 14.9. The molecule has 3 heteroatoms. The van der Waals surface area contributed by atoms with Crippen LogP contribution < -0.4 is 5.32 Å². The number of carbonyl (C=O) groups is 1. The van der Waals surface area contributed by atoms with E-state index < -0.39 is 0 Å². The van der Waals surface area contributed by atoms with E-state index in [1.54, 1.807) is 0 Å². The van der Waals surface area contributed by atoms with Crippen LogP contribution in [-0.2, 0) is 4.79 Å². The molecule has 0 bridgehead atoms. The van der Waals surface area contributed by atoms with Crippen molar-refractivity contribution in [2.75, 3.05) is 19.6 Å². The number of rotatable bonds is 2. The van der Waals surface area contributed by atoms with Crippen LogP contribution in [0.25, 0.3) is 0 Å². The molecule has 1 aliphatic carbocycles. The van der Waals surface area contributed by atoms with Crippen molar-refractivity contribution in [3.8, 4) is 0 Å². The standard InChI is InChI=1S/C17H22N2O/c1-11-16-9-18-8-13(16)10-19(11)17(20)15-7-14(15)12-5-3-2-4-6-12/h2-6,11,13-16,18H,7-10H2,1H3. The van der Waals surface area contributed by atoms with Crippen molar-refractivity contribution < 1.29 is 4.79 Å². The van der Waals surface area contributed by atoms with Crippen LogP contribution in [0.2, 0.25) is 0 Å². The van der Waals surface area contributed by atoms with Crippen molar-refractivity contribution in [2.45, 2.75) is 25.3 Å². The van der Waals surface area contributed by atoms with E-state index in [-0.39, 0.29) is 5.92 Å². The van der Waals surface area contributed by atoms with Gasteiger partial charge in [-0.3, -0.25) is 4.79 Å². The molecule has 1 N–H and O–H groups in total. The fourth-order valence-corrected chi connectivity index (χ4v) is 4.21.